The molecule has 9 nitrogen and oxygen atoms in total. The van der Waals surface area contributed by atoms with E-state index in [4.69, 9.17) is 44.5 Å². The van der Waals surface area contributed by atoms with Gasteiger partial charge in [-0.3, -0.25) is 0 Å². The van der Waals surface area contributed by atoms with Crippen LogP contribution >= 0.6 is 0 Å². The van der Waals surface area contributed by atoms with Gasteiger partial charge in [0.15, 0.2) is 0 Å². The molecule has 33 heavy (non-hydrogen) atoms. The normalized spacial score (nSPS) is 14.8. The van der Waals surface area contributed by atoms with Crippen LogP contribution in [-0.4, -0.2) is 108 Å². The Morgan fingerprint density at radius 1 is 0.606 bits per heavy atom. The smallest absolute Gasteiger partial charge is 0.100 e. The number of hydrogen-bond donors (Lipinski definition) is 5. The summed E-state index contributed by atoms with van der Waals surface area (Å²) >= 11 is 0. The van der Waals surface area contributed by atoms with E-state index in [9.17, 15) is 0 Å². The summed E-state index contributed by atoms with van der Waals surface area (Å²) in [6, 6.07) is 0. The van der Waals surface area contributed by atoms with Gasteiger partial charge in [0.1, 0.15) is 12.2 Å². The maximum absolute atomic E-state index is 8.73. The number of aliphatic hydroxyl groups is 5. The Bertz CT molecular complexity index is 342. The zero-order chi connectivity index (χ0) is 26.2. The molecular formula is C24H54O9. The van der Waals surface area contributed by atoms with Gasteiger partial charge in [-0.15, -0.1) is 0 Å². The first-order valence-electron chi connectivity index (χ1n) is 12.0. The number of hydrogen-bond acceptors (Lipinski definition) is 9. The fourth-order valence-electron chi connectivity index (χ4n) is 1.61. The molecule has 0 amide bonds. The number of aliphatic hydroxyl groups excluding tert-OH is 5. The minimum Gasteiger partial charge on any atom is -0.394 e. The van der Waals surface area contributed by atoms with Gasteiger partial charge in [-0.05, 0) is 74.1 Å². The van der Waals surface area contributed by atoms with Gasteiger partial charge in [0, 0.05) is 6.61 Å². The van der Waals surface area contributed by atoms with Crippen molar-refractivity contribution in [3.05, 3.63) is 0 Å². The maximum atomic E-state index is 8.73. The summed E-state index contributed by atoms with van der Waals surface area (Å²) in [7, 11) is 0. The zero-order valence-corrected chi connectivity index (χ0v) is 22.3. The average molecular weight is 487 g/mol. The standard InChI is InChI=1S/C7H14O.2C6H14O3.C5H12O2/c1-6(2)8-5-7-3-4-7;2*1-5(2)9-4-6(8)3-7;1-5(2)7-4-3-6/h6-7H,3-5H2,1-2H3;2*5-8H,3-4H2,1-2H3;5-6H,3-4H2,1-2H3/t;2*6-;/m.10./s1. The third-order valence-electron chi connectivity index (χ3n) is 3.57. The minimum absolute atomic E-state index is 0.117. The van der Waals surface area contributed by atoms with Crippen LogP contribution in [0, 0.1) is 5.92 Å². The van der Waals surface area contributed by atoms with Gasteiger partial charge >= 0.3 is 0 Å². The molecule has 2 atom stereocenters. The first-order chi connectivity index (χ1) is 15.4. The van der Waals surface area contributed by atoms with Gasteiger partial charge in [-0.1, -0.05) is 0 Å². The van der Waals surface area contributed by atoms with Gasteiger partial charge in [-0.25, -0.2) is 0 Å². The van der Waals surface area contributed by atoms with Crippen molar-refractivity contribution in [3.63, 3.8) is 0 Å². The van der Waals surface area contributed by atoms with Gasteiger partial charge in [-0.2, -0.15) is 0 Å². The highest BCUT2D eigenvalue weighted by Crippen LogP contribution is 2.29. The second-order valence-corrected chi connectivity index (χ2v) is 8.91. The number of rotatable bonds is 14. The second-order valence-electron chi connectivity index (χ2n) is 8.91. The molecular weight excluding hydrogens is 432 g/mol. The Hall–Kier alpha value is -0.360. The monoisotopic (exact) mass is 486 g/mol. The summed E-state index contributed by atoms with van der Waals surface area (Å²) in [5.41, 5.74) is 0. The van der Waals surface area contributed by atoms with E-state index >= 15 is 0 Å². The number of ether oxygens (including phenoxy) is 4. The molecule has 0 saturated heterocycles. The lowest BCUT2D eigenvalue weighted by Crippen LogP contribution is -2.21. The zero-order valence-electron chi connectivity index (χ0n) is 22.3. The maximum Gasteiger partial charge on any atom is 0.100 e. The van der Waals surface area contributed by atoms with E-state index < -0.39 is 12.2 Å². The molecule has 0 aromatic heterocycles. The summed E-state index contributed by atoms with van der Waals surface area (Å²) in [5.74, 6) is 0.914. The Kier molecular flexibility index (Phi) is 29.6. The van der Waals surface area contributed by atoms with Crippen LogP contribution in [0.3, 0.4) is 0 Å². The highest BCUT2D eigenvalue weighted by Gasteiger charge is 2.21. The van der Waals surface area contributed by atoms with Gasteiger partial charge < -0.3 is 44.5 Å². The van der Waals surface area contributed by atoms with Crippen molar-refractivity contribution in [2.45, 2.75) is 105 Å². The first-order valence-corrected chi connectivity index (χ1v) is 12.0. The summed E-state index contributed by atoms with van der Waals surface area (Å²) in [6.45, 7) is 17.1. The molecule has 0 unspecified atom stereocenters. The molecule has 1 rings (SSSR count). The van der Waals surface area contributed by atoms with Crippen LogP contribution in [0.1, 0.15) is 68.2 Å². The largest absolute Gasteiger partial charge is 0.394 e. The predicted octanol–water partition coefficient (Wildman–Crippen LogP) is 1.75. The van der Waals surface area contributed by atoms with Crippen LogP contribution in [0.5, 0.6) is 0 Å². The van der Waals surface area contributed by atoms with Crippen molar-refractivity contribution >= 4 is 0 Å². The third-order valence-corrected chi connectivity index (χ3v) is 3.57. The van der Waals surface area contributed by atoms with Gasteiger partial charge in [0.25, 0.3) is 0 Å². The highest BCUT2D eigenvalue weighted by molar-refractivity contribution is 4.72. The molecule has 0 aromatic rings. The van der Waals surface area contributed by atoms with E-state index in [0.717, 1.165) is 12.5 Å². The molecule has 0 bridgehead atoms. The summed E-state index contributed by atoms with van der Waals surface area (Å²) < 4.78 is 20.3. The van der Waals surface area contributed by atoms with Gasteiger partial charge in [0.05, 0.1) is 64.1 Å². The molecule has 0 aliphatic heterocycles. The van der Waals surface area contributed by atoms with E-state index in [1.807, 2.05) is 41.5 Å². The molecule has 9 heteroatoms. The molecule has 1 fully saturated rings. The van der Waals surface area contributed by atoms with Crippen molar-refractivity contribution in [2.75, 3.05) is 46.2 Å². The van der Waals surface area contributed by atoms with E-state index in [1.165, 1.54) is 12.8 Å². The van der Waals surface area contributed by atoms with Crippen LogP contribution in [-0.2, 0) is 18.9 Å². The van der Waals surface area contributed by atoms with E-state index in [0.29, 0.717) is 12.7 Å². The Morgan fingerprint density at radius 3 is 1.18 bits per heavy atom. The summed E-state index contributed by atoms with van der Waals surface area (Å²) in [6.07, 6.45) is 2.24. The fourth-order valence-corrected chi connectivity index (χ4v) is 1.61. The molecule has 0 radical (unpaired) electrons. The fraction of sp³-hybridized carbons (Fsp3) is 1.00. The minimum atomic E-state index is -0.729. The summed E-state index contributed by atoms with van der Waals surface area (Å²) in [5, 5.41) is 42.3. The lowest BCUT2D eigenvalue weighted by molar-refractivity contribution is -0.0167. The van der Waals surface area contributed by atoms with Crippen LogP contribution in [0.25, 0.3) is 0 Å². The molecule has 5 N–H and O–H groups in total. The van der Waals surface area contributed by atoms with Crippen molar-refractivity contribution < 1.29 is 44.5 Å². The van der Waals surface area contributed by atoms with Crippen molar-refractivity contribution in [1.82, 2.24) is 0 Å². The molecule has 204 valence electrons. The molecule has 1 saturated carbocycles. The molecule has 1 aliphatic carbocycles. The molecule has 0 spiro atoms. The van der Waals surface area contributed by atoms with Crippen LogP contribution in [0.15, 0.2) is 0 Å². The average Bonchev–Trinajstić information content (AvgIpc) is 3.58. The van der Waals surface area contributed by atoms with Crippen molar-refractivity contribution in [1.29, 1.82) is 0 Å². The van der Waals surface area contributed by atoms with Gasteiger partial charge in [0.2, 0.25) is 0 Å². The SMILES string of the molecule is CC(C)OCC1CC1.CC(C)OCCO.CC(C)OC[C@@H](O)CO.CC(C)OC[C@H](O)CO. The van der Waals surface area contributed by atoms with E-state index in [-0.39, 0.29) is 51.3 Å². The topological polar surface area (TPSA) is 138 Å². The molecule has 0 heterocycles. The first kappa shape index (κ1) is 37.2. The van der Waals surface area contributed by atoms with Crippen LogP contribution in [0.4, 0.5) is 0 Å². The lowest BCUT2D eigenvalue weighted by atomic mass is 10.4. The Labute approximate surface area is 202 Å². The van der Waals surface area contributed by atoms with Crippen LogP contribution < -0.4 is 0 Å². The summed E-state index contributed by atoms with van der Waals surface area (Å²) in [4.78, 5) is 0. The third kappa shape index (κ3) is 42.3. The molecule has 1 aliphatic rings. The van der Waals surface area contributed by atoms with Crippen molar-refractivity contribution in [3.8, 4) is 0 Å². The Balaban J connectivity index is -0.000000365. The Morgan fingerprint density at radius 2 is 0.970 bits per heavy atom. The second kappa shape index (κ2) is 26.2. The van der Waals surface area contributed by atoms with E-state index in [2.05, 4.69) is 13.8 Å². The van der Waals surface area contributed by atoms with Crippen molar-refractivity contribution in [2.24, 2.45) is 5.92 Å². The highest BCUT2D eigenvalue weighted by atomic mass is 16.5. The molecule has 0 aromatic carbocycles. The van der Waals surface area contributed by atoms with Crippen LogP contribution in [0.2, 0.25) is 0 Å². The van der Waals surface area contributed by atoms with E-state index in [1.54, 1.807) is 0 Å². The lowest BCUT2D eigenvalue weighted by Gasteiger charge is -2.10. The quantitative estimate of drug-likeness (QED) is 0.248. The predicted molar refractivity (Wildman–Crippen MR) is 130 cm³/mol.